The number of rotatable bonds is 3. The van der Waals surface area contributed by atoms with E-state index in [0.29, 0.717) is 16.2 Å². The third-order valence-electron chi connectivity index (χ3n) is 4.47. The van der Waals surface area contributed by atoms with Crippen LogP contribution in [0.25, 0.3) is 10.9 Å². The Morgan fingerprint density at radius 3 is 3.08 bits per heavy atom. The van der Waals surface area contributed by atoms with Crippen molar-refractivity contribution in [1.29, 1.82) is 0 Å². The average molecular weight is 354 g/mol. The lowest BCUT2D eigenvalue weighted by molar-refractivity contribution is 0.102. The van der Waals surface area contributed by atoms with Gasteiger partial charge < -0.3 is 4.98 Å². The van der Waals surface area contributed by atoms with E-state index in [1.165, 1.54) is 22.3 Å². The second-order valence-electron chi connectivity index (χ2n) is 6.05. The van der Waals surface area contributed by atoms with Crippen molar-refractivity contribution in [3.8, 4) is 0 Å². The molecule has 1 aliphatic rings. The summed E-state index contributed by atoms with van der Waals surface area (Å²) in [6.45, 7) is 5.04. The molecule has 1 aromatic carbocycles. The smallest absolute Gasteiger partial charge is 0.258 e. The van der Waals surface area contributed by atoms with E-state index in [1.54, 1.807) is 6.07 Å². The van der Waals surface area contributed by atoms with Crippen LogP contribution in [0.3, 0.4) is 0 Å². The molecule has 0 atom stereocenters. The molecule has 2 aromatic heterocycles. The van der Waals surface area contributed by atoms with Crippen molar-refractivity contribution in [3.63, 3.8) is 0 Å². The molecule has 0 bridgehead atoms. The highest BCUT2D eigenvalue weighted by atomic mass is 32.1. The second-order valence-corrected chi connectivity index (χ2v) is 7.14. The van der Waals surface area contributed by atoms with Gasteiger partial charge in [0.2, 0.25) is 5.56 Å². The fourth-order valence-electron chi connectivity index (χ4n) is 3.13. The van der Waals surface area contributed by atoms with Gasteiger partial charge in [-0.25, -0.2) is 4.98 Å². The molecule has 4 rings (SSSR count). The number of aromatic amines is 1. The Kier molecular flexibility index (Phi) is 4.10. The summed E-state index contributed by atoms with van der Waals surface area (Å²) in [7, 11) is 0. The number of anilines is 1. The Labute approximate surface area is 148 Å². The van der Waals surface area contributed by atoms with E-state index in [2.05, 4.69) is 27.1 Å². The minimum atomic E-state index is -0.305. The van der Waals surface area contributed by atoms with Crippen molar-refractivity contribution < 1.29 is 4.79 Å². The summed E-state index contributed by atoms with van der Waals surface area (Å²) >= 11 is 1.52. The van der Waals surface area contributed by atoms with Crippen LogP contribution in [0, 0.1) is 0 Å². The zero-order valence-corrected chi connectivity index (χ0v) is 14.7. The van der Waals surface area contributed by atoms with E-state index in [4.69, 9.17) is 0 Å². The highest BCUT2D eigenvalue weighted by Gasteiger charge is 2.21. The van der Waals surface area contributed by atoms with Gasteiger partial charge in [0, 0.05) is 41.4 Å². The van der Waals surface area contributed by atoms with Gasteiger partial charge >= 0.3 is 0 Å². The number of nitrogens with zero attached hydrogens (tertiary/aromatic N) is 2. The van der Waals surface area contributed by atoms with E-state index >= 15 is 0 Å². The molecule has 1 amide bonds. The Morgan fingerprint density at radius 2 is 2.24 bits per heavy atom. The van der Waals surface area contributed by atoms with Crippen LogP contribution >= 0.6 is 11.3 Å². The van der Waals surface area contributed by atoms with Gasteiger partial charge in [0.25, 0.3) is 5.91 Å². The number of hydrogen-bond donors (Lipinski definition) is 2. The van der Waals surface area contributed by atoms with Gasteiger partial charge in [0.1, 0.15) is 0 Å². The monoisotopic (exact) mass is 354 g/mol. The van der Waals surface area contributed by atoms with Crippen LogP contribution < -0.4 is 10.9 Å². The quantitative estimate of drug-likeness (QED) is 0.758. The molecule has 0 aliphatic carbocycles. The minimum Gasteiger partial charge on any atom is -0.322 e. The maximum Gasteiger partial charge on any atom is 0.258 e. The van der Waals surface area contributed by atoms with E-state index in [0.717, 1.165) is 37.1 Å². The zero-order chi connectivity index (χ0) is 17.4. The van der Waals surface area contributed by atoms with Gasteiger partial charge in [0.15, 0.2) is 5.13 Å². The molecule has 0 fully saturated rings. The molecule has 0 radical (unpaired) electrons. The van der Waals surface area contributed by atoms with Crippen LogP contribution in [-0.2, 0) is 13.0 Å². The van der Waals surface area contributed by atoms with E-state index in [1.807, 2.05) is 18.2 Å². The molecule has 0 unspecified atom stereocenters. The molecule has 25 heavy (non-hydrogen) atoms. The number of carbonyl (C=O) groups is 1. The molecule has 7 heteroatoms. The molecule has 0 spiro atoms. The number of nitrogens with one attached hydrogen (secondary N) is 2. The first-order chi connectivity index (χ1) is 12.1. The van der Waals surface area contributed by atoms with Gasteiger partial charge in [-0.05, 0) is 12.6 Å². The SMILES string of the molecule is CCN1CCc2nc(NC(=O)c3cc(=O)[nH]c4ccccc34)sc2C1. The van der Waals surface area contributed by atoms with Crippen LogP contribution in [0.15, 0.2) is 35.1 Å². The molecule has 3 heterocycles. The lowest BCUT2D eigenvalue weighted by atomic mass is 10.1. The molecule has 2 N–H and O–H groups in total. The topological polar surface area (TPSA) is 78.1 Å². The van der Waals surface area contributed by atoms with E-state index in [-0.39, 0.29) is 11.5 Å². The van der Waals surface area contributed by atoms with Crippen LogP contribution in [0.4, 0.5) is 5.13 Å². The lowest BCUT2D eigenvalue weighted by Gasteiger charge is -2.23. The number of hydrogen-bond acceptors (Lipinski definition) is 5. The first-order valence-corrected chi connectivity index (χ1v) is 9.10. The Balaban J connectivity index is 1.63. The predicted octanol–water partition coefficient (Wildman–Crippen LogP) is 2.61. The molecule has 128 valence electrons. The highest BCUT2D eigenvalue weighted by Crippen LogP contribution is 2.28. The van der Waals surface area contributed by atoms with Crippen LogP contribution in [0.2, 0.25) is 0 Å². The van der Waals surface area contributed by atoms with Crippen molar-refractivity contribution in [1.82, 2.24) is 14.9 Å². The number of aromatic nitrogens is 2. The summed E-state index contributed by atoms with van der Waals surface area (Å²) in [5.74, 6) is -0.305. The number of fused-ring (bicyclic) bond motifs is 2. The number of amides is 1. The summed E-state index contributed by atoms with van der Waals surface area (Å²) in [6.07, 6.45) is 0.906. The maximum absolute atomic E-state index is 12.7. The largest absolute Gasteiger partial charge is 0.322 e. The molecule has 6 nitrogen and oxygen atoms in total. The van der Waals surface area contributed by atoms with Gasteiger partial charge in [-0.1, -0.05) is 25.1 Å². The van der Waals surface area contributed by atoms with Crippen molar-refractivity contribution in [3.05, 3.63) is 56.8 Å². The summed E-state index contributed by atoms with van der Waals surface area (Å²) in [4.78, 5) is 35.4. The number of thiazole rings is 1. The summed E-state index contributed by atoms with van der Waals surface area (Å²) in [5, 5.41) is 4.18. The van der Waals surface area contributed by atoms with Crippen LogP contribution in [0.1, 0.15) is 27.9 Å². The van der Waals surface area contributed by atoms with E-state index < -0.39 is 0 Å². The van der Waals surface area contributed by atoms with Gasteiger partial charge in [-0.2, -0.15) is 0 Å². The Hall–Kier alpha value is -2.51. The number of benzene rings is 1. The first kappa shape index (κ1) is 16.0. The zero-order valence-electron chi connectivity index (χ0n) is 13.8. The van der Waals surface area contributed by atoms with E-state index in [9.17, 15) is 9.59 Å². The lowest BCUT2D eigenvalue weighted by Crippen LogP contribution is -2.29. The highest BCUT2D eigenvalue weighted by molar-refractivity contribution is 7.15. The predicted molar refractivity (Wildman–Crippen MR) is 99.3 cm³/mol. The Morgan fingerprint density at radius 1 is 1.40 bits per heavy atom. The third kappa shape index (κ3) is 3.08. The number of para-hydroxylation sites is 1. The summed E-state index contributed by atoms with van der Waals surface area (Å²) < 4.78 is 0. The molecule has 0 saturated heterocycles. The van der Waals surface area contributed by atoms with Gasteiger partial charge in [-0.15, -0.1) is 11.3 Å². The Bertz CT molecular complexity index is 1010. The number of likely N-dealkylation sites (N-methyl/N-ethyl adjacent to an activating group) is 1. The minimum absolute atomic E-state index is 0.291. The maximum atomic E-state index is 12.7. The van der Waals surface area contributed by atoms with Crippen LogP contribution in [0.5, 0.6) is 0 Å². The molecule has 3 aromatic rings. The fraction of sp³-hybridized carbons (Fsp3) is 0.278. The van der Waals surface area contributed by atoms with Crippen LogP contribution in [-0.4, -0.2) is 33.9 Å². The van der Waals surface area contributed by atoms with Crippen molar-refractivity contribution in [2.75, 3.05) is 18.4 Å². The summed E-state index contributed by atoms with van der Waals surface area (Å²) in [5.41, 5.74) is 1.79. The first-order valence-electron chi connectivity index (χ1n) is 8.28. The summed E-state index contributed by atoms with van der Waals surface area (Å²) in [6, 6.07) is 8.62. The average Bonchev–Trinajstić information content (AvgIpc) is 3.01. The normalized spacial score (nSPS) is 14.4. The fourth-order valence-corrected chi connectivity index (χ4v) is 4.17. The second kappa shape index (κ2) is 6.42. The molecular weight excluding hydrogens is 336 g/mol. The third-order valence-corrected chi connectivity index (χ3v) is 5.47. The molecule has 0 saturated carbocycles. The van der Waals surface area contributed by atoms with Gasteiger partial charge in [0.05, 0.1) is 11.3 Å². The van der Waals surface area contributed by atoms with Crippen molar-refractivity contribution in [2.45, 2.75) is 19.9 Å². The molecular formula is C18H18N4O2S. The van der Waals surface area contributed by atoms with Crippen molar-refractivity contribution >= 4 is 33.3 Å². The number of carbonyl (C=O) groups excluding carboxylic acids is 1. The van der Waals surface area contributed by atoms with Crippen molar-refractivity contribution in [2.24, 2.45) is 0 Å². The van der Waals surface area contributed by atoms with Gasteiger partial charge in [-0.3, -0.25) is 19.8 Å². The molecule has 1 aliphatic heterocycles. The number of H-pyrrole nitrogens is 1. The standard InChI is InChI=1S/C18H18N4O2S/c1-2-22-8-7-14-15(10-22)25-18(20-14)21-17(24)12-9-16(23)19-13-6-4-3-5-11(12)13/h3-6,9H,2,7-8,10H2,1H3,(H,19,23)(H,20,21,24). The number of pyridine rings is 1.